The number of ether oxygens (including phenoxy) is 1. The van der Waals surface area contributed by atoms with E-state index in [1.165, 1.54) is 24.8 Å². The topological polar surface area (TPSA) is 65.6 Å². The number of rotatable bonds is 5. The van der Waals surface area contributed by atoms with Gasteiger partial charge in [-0.2, -0.15) is 9.97 Å². The molecule has 2 fully saturated rings. The van der Waals surface area contributed by atoms with Gasteiger partial charge in [0.15, 0.2) is 5.11 Å². The molecule has 30 heavy (non-hydrogen) atoms. The Hall–Kier alpha value is -2.45. The lowest BCUT2D eigenvalue weighted by atomic mass is 10.0. The molecular formula is C22H30N6OS. The van der Waals surface area contributed by atoms with Crippen LogP contribution in [0, 0.1) is 0 Å². The summed E-state index contributed by atoms with van der Waals surface area (Å²) in [5.41, 5.74) is 1.17. The van der Waals surface area contributed by atoms with E-state index >= 15 is 0 Å². The van der Waals surface area contributed by atoms with Crippen molar-refractivity contribution in [2.24, 2.45) is 0 Å². The molecule has 4 rings (SSSR count). The third-order valence-electron chi connectivity index (χ3n) is 5.65. The Morgan fingerprint density at radius 3 is 2.63 bits per heavy atom. The summed E-state index contributed by atoms with van der Waals surface area (Å²) in [6.07, 6.45) is 3.66. The molecule has 0 amide bonds. The van der Waals surface area contributed by atoms with Crippen LogP contribution < -0.4 is 20.4 Å². The quantitative estimate of drug-likeness (QED) is 0.707. The van der Waals surface area contributed by atoms with Crippen molar-refractivity contribution in [3.63, 3.8) is 0 Å². The van der Waals surface area contributed by atoms with Gasteiger partial charge >= 0.3 is 0 Å². The molecule has 3 heterocycles. The number of nitrogens with one attached hydrogen (secondary N) is 2. The molecule has 0 saturated carbocycles. The zero-order chi connectivity index (χ0) is 20.8. The Morgan fingerprint density at radius 1 is 1.10 bits per heavy atom. The van der Waals surface area contributed by atoms with Crippen LogP contribution >= 0.6 is 12.2 Å². The molecule has 1 aromatic heterocycles. The van der Waals surface area contributed by atoms with Crippen molar-refractivity contribution in [2.45, 2.75) is 38.8 Å². The summed E-state index contributed by atoms with van der Waals surface area (Å²) < 4.78 is 5.51. The Balaban J connectivity index is 1.51. The highest BCUT2D eigenvalue weighted by Gasteiger charge is 2.23. The van der Waals surface area contributed by atoms with Gasteiger partial charge in [0, 0.05) is 38.3 Å². The van der Waals surface area contributed by atoms with E-state index < -0.39 is 0 Å². The van der Waals surface area contributed by atoms with Gasteiger partial charge in [0.25, 0.3) is 0 Å². The average Bonchev–Trinajstić information content (AvgIpc) is 2.79. The van der Waals surface area contributed by atoms with E-state index in [-0.39, 0.29) is 0 Å². The molecule has 0 bridgehead atoms. The molecule has 0 aliphatic carbocycles. The molecule has 1 aromatic carbocycles. The van der Waals surface area contributed by atoms with Crippen molar-refractivity contribution in [2.75, 3.05) is 48.0 Å². The molecule has 2 aromatic rings. The maximum atomic E-state index is 5.51. The number of piperidine rings is 1. The van der Waals surface area contributed by atoms with Gasteiger partial charge in [-0.25, -0.2) is 0 Å². The van der Waals surface area contributed by atoms with Crippen molar-refractivity contribution in [3.8, 4) is 0 Å². The van der Waals surface area contributed by atoms with Crippen LogP contribution in [0.3, 0.4) is 0 Å². The van der Waals surface area contributed by atoms with E-state index in [0.717, 1.165) is 44.5 Å². The number of aromatic nitrogens is 2. The van der Waals surface area contributed by atoms with Gasteiger partial charge in [-0.3, -0.25) is 0 Å². The number of benzene rings is 1. The van der Waals surface area contributed by atoms with Crippen molar-refractivity contribution < 1.29 is 4.74 Å². The van der Waals surface area contributed by atoms with Crippen LogP contribution in [0.5, 0.6) is 0 Å². The van der Waals surface area contributed by atoms with Crippen LogP contribution in [0.25, 0.3) is 0 Å². The molecule has 0 spiro atoms. The van der Waals surface area contributed by atoms with Gasteiger partial charge in [-0.05, 0) is 44.0 Å². The summed E-state index contributed by atoms with van der Waals surface area (Å²) in [5, 5.41) is 6.97. The normalized spacial score (nSPS) is 19.4. The summed E-state index contributed by atoms with van der Waals surface area (Å²) >= 11 is 5.51. The first-order chi connectivity index (χ1) is 14.7. The Kier molecular flexibility index (Phi) is 6.96. The molecule has 8 heteroatoms. The van der Waals surface area contributed by atoms with Gasteiger partial charge in [0.1, 0.15) is 11.6 Å². The Morgan fingerprint density at radius 2 is 1.87 bits per heavy atom. The van der Waals surface area contributed by atoms with Crippen LogP contribution in [0.4, 0.5) is 17.6 Å². The van der Waals surface area contributed by atoms with Crippen molar-refractivity contribution >= 4 is 34.9 Å². The summed E-state index contributed by atoms with van der Waals surface area (Å²) in [6.45, 7) is 7.07. The molecule has 2 N–H and O–H groups in total. The Labute approximate surface area is 183 Å². The summed E-state index contributed by atoms with van der Waals surface area (Å²) in [7, 11) is 0. The fourth-order valence-electron chi connectivity index (χ4n) is 3.94. The molecule has 1 atom stereocenters. The summed E-state index contributed by atoms with van der Waals surface area (Å²) in [6, 6.07) is 12.8. The fourth-order valence-corrected chi connectivity index (χ4v) is 4.11. The highest BCUT2D eigenvalue weighted by molar-refractivity contribution is 7.80. The third-order valence-corrected chi connectivity index (χ3v) is 5.90. The van der Waals surface area contributed by atoms with E-state index in [9.17, 15) is 0 Å². The second-order valence-electron chi connectivity index (χ2n) is 7.84. The minimum Gasteiger partial charge on any atom is -0.378 e. The lowest BCUT2D eigenvalue weighted by molar-refractivity contribution is 0.122. The predicted molar refractivity (Wildman–Crippen MR) is 125 cm³/mol. The number of thiocarbonyl (C=S) groups is 1. The number of anilines is 3. The minimum absolute atomic E-state index is 0.474. The Bertz CT molecular complexity index is 843. The number of hydrogen-bond donors (Lipinski definition) is 2. The van der Waals surface area contributed by atoms with Crippen molar-refractivity contribution in [3.05, 3.63) is 42.0 Å². The molecule has 160 valence electrons. The van der Waals surface area contributed by atoms with Crippen LogP contribution in [-0.2, 0) is 11.3 Å². The number of hydrogen-bond acceptors (Lipinski definition) is 6. The van der Waals surface area contributed by atoms with Gasteiger partial charge in [-0.15, -0.1) is 0 Å². The monoisotopic (exact) mass is 426 g/mol. The first-order valence-corrected chi connectivity index (χ1v) is 11.2. The number of nitrogens with zero attached hydrogens (tertiary/aromatic N) is 4. The zero-order valence-electron chi connectivity index (χ0n) is 17.5. The summed E-state index contributed by atoms with van der Waals surface area (Å²) in [4.78, 5) is 14.2. The third kappa shape index (κ3) is 5.37. The lowest BCUT2D eigenvalue weighted by Gasteiger charge is -2.35. The second kappa shape index (κ2) is 10.0. The van der Waals surface area contributed by atoms with Gasteiger partial charge in [0.2, 0.25) is 5.95 Å². The predicted octanol–water partition coefficient (Wildman–Crippen LogP) is 3.18. The molecule has 2 saturated heterocycles. The lowest BCUT2D eigenvalue weighted by Crippen LogP contribution is -2.40. The van der Waals surface area contributed by atoms with Crippen LogP contribution in [0.2, 0.25) is 0 Å². The largest absolute Gasteiger partial charge is 0.378 e. The van der Waals surface area contributed by atoms with E-state index in [1.54, 1.807) is 0 Å². The smallest absolute Gasteiger partial charge is 0.232 e. The first kappa shape index (κ1) is 20.8. The molecular weight excluding hydrogens is 396 g/mol. The van der Waals surface area contributed by atoms with E-state index in [2.05, 4.69) is 45.6 Å². The number of morpholine rings is 1. The van der Waals surface area contributed by atoms with Gasteiger partial charge in [0.05, 0.1) is 13.2 Å². The highest BCUT2D eigenvalue weighted by atomic mass is 32.1. The molecule has 0 unspecified atom stereocenters. The maximum Gasteiger partial charge on any atom is 0.232 e. The molecule has 2 aliphatic rings. The van der Waals surface area contributed by atoms with E-state index in [0.29, 0.717) is 23.6 Å². The van der Waals surface area contributed by atoms with E-state index in [1.807, 2.05) is 18.2 Å². The average molecular weight is 427 g/mol. The van der Waals surface area contributed by atoms with Crippen LogP contribution in [-0.4, -0.2) is 54.0 Å². The molecule has 0 radical (unpaired) electrons. The van der Waals surface area contributed by atoms with Crippen LogP contribution in [0.1, 0.15) is 31.7 Å². The second-order valence-corrected chi connectivity index (χ2v) is 8.25. The minimum atomic E-state index is 0.474. The first-order valence-electron chi connectivity index (χ1n) is 10.8. The van der Waals surface area contributed by atoms with Crippen molar-refractivity contribution in [1.29, 1.82) is 0 Å². The maximum absolute atomic E-state index is 5.51. The van der Waals surface area contributed by atoms with E-state index in [4.69, 9.17) is 26.9 Å². The molecule has 2 aliphatic heterocycles. The van der Waals surface area contributed by atoms with Gasteiger partial charge < -0.3 is 25.2 Å². The fraction of sp³-hybridized carbons (Fsp3) is 0.500. The standard InChI is InChI=1S/C22H30N6OS/c1-17-7-5-6-10-28(17)20-15-19(27-11-13-29-14-12-27)24-21(25-20)26-22(30)23-16-18-8-3-2-4-9-18/h2-4,8-9,15,17H,5-7,10-14,16H2,1H3,(H2,23,24,25,26,30)/t17-/m0/s1. The SMILES string of the molecule is C[C@H]1CCCCN1c1cc(N2CCOCC2)nc(NC(=S)NCc2ccccc2)n1. The van der Waals surface area contributed by atoms with Gasteiger partial charge in [-0.1, -0.05) is 30.3 Å². The zero-order valence-corrected chi connectivity index (χ0v) is 18.3. The van der Waals surface area contributed by atoms with Crippen LogP contribution in [0.15, 0.2) is 36.4 Å². The summed E-state index contributed by atoms with van der Waals surface area (Å²) in [5.74, 6) is 2.43. The highest BCUT2D eigenvalue weighted by Crippen LogP contribution is 2.27. The van der Waals surface area contributed by atoms with Crippen molar-refractivity contribution in [1.82, 2.24) is 15.3 Å². The molecule has 7 nitrogen and oxygen atoms in total.